The number of amides is 2. The number of carbonyl (C=O) groups excluding carboxylic acids is 2. The fourth-order valence-corrected chi connectivity index (χ4v) is 1.40. The third kappa shape index (κ3) is 5.46. The van der Waals surface area contributed by atoms with Gasteiger partial charge in [0.05, 0.1) is 6.54 Å². The molecule has 0 aliphatic heterocycles. The average molecular weight is 300 g/mol. The van der Waals surface area contributed by atoms with Gasteiger partial charge in [0, 0.05) is 23.1 Å². The summed E-state index contributed by atoms with van der Waals surface area (Å²) in [7, 11) is 0. The van der Waals surface area contributed by atoms with Gasteiger partial charge in [-0.1, -0.05) is 15.9 Å². The number of hydrogen-bond donors (Lipinski definition) is 3. The van der Waals surface area contributed by atoms with Crippen LogP contribution in [0, 0.1) is 0 Å². The molecule has 5 nitrogen and oxygen atoms in total. The van der Waals surface area contributed by atoms with E-state index in [1.807, 2.05) is 12.1 Å². The van der Waals surface area contributed by atoms with Gasteiger partial charge < -0.3 is 16.4 Å². The van der Waals surface area contributed by atoms with Gasteiger partial charge in [-0.05, 0) is 24.3 Å². The van der Waals surface area contributed by atoms with Crippen molar-refractivity contribution in [3.8, 4) is 0 Å². The quantitative estimate of drug-likeness (QED) is 0.754. The highest BCUT2D eigenvalue weighted by Gasteiger charge is 2.04. The summed E-state index contributed by atoms with van der Waals surface area (Å²) < 4.78 is 0.937. The lowest BCUT2D eigenvalue weighted by Gasteiger charge is -2.06. The van der Waals surface area contributed by atoms with Crippen molar-refractivity contribution in [1.29, 1.82) is 0 Å². The molecule has 0 bridgehead atoms. The van der Waals surface area contributed by atoms with E-state index in [0.29, 0.717) is 5.69 Å². The van der Waals surface area contributed by atoms with Crippen LogP contribution in [-0.2, 0) is 9.59 Å². The highest BCUT2D eigenvalue weighted by Crippen LogP contribution is 2.13. The number of benzene rings is 1. The third-order valence-corrected chi connectivity index (χ3v) is 2.47. The molecule has 1 aromatic carbocycles. The molecule has 17 heavy (non-hydrogen) atoms. The molecule has 0 aromatic heterocycles. The van der Waals surface area contributed by atoms with E-state index in [0.717, 1.165) is 4.47 Å². The van der Waals surface area contributed by atoms with Crippen LogP contribution in [0.15, 0.2) is 28.7 Å². The minimum atomic E-state index is -0.266. The first-order valence-corrected chi connectivity index (χ1v) is 5.93. The molecule has 0 aliphatic carbocycles. The average Bonchev–Trinajstić information content (AvgIpc) is 2.30. The van der Waals surface area contributed by atoms with Gasteiger partial charge in [-0.2, -0.15) is 0 Å². The SMILES string of the molecule is NCCC(=O)NCC(=O)Nc1ccc(Br)cc1. The van der Waals surface area contributed by atoms with Crippen LogP contribution in [0.5, 0.6) is 0 Å². The zero-order valence-electron chi connectivity index (χ0n) is 9.20. The monoisotopic (exact) mass is 299 g/mol. The van der Waals surface area contributed by atoms with Crippen LogP contribution in [0.1, 0.15) is 6.42 Å². The molecule has 0 saturated heterocycles. The van der Waals surface area contributed by atoms with Crippen LogP contribution in [0.2, 0.25) is 0 Å². The van der Waals surface area contributed by atoms with E-state index in [-0.39, 0.29) is 31.3 Å². The lowest BCUT2D eigenvalue weighted by atomic mass is 10.3. The molecular formula is C11H14BrN3O2. The Morgan fingerprint density at radius 1 is 1.18 bits per heavy atom. The number of nitrogens with two attached hydrogens (primary N) is 1. The summed E-state index contributed by atoms with van der Waals surface area (Å²) in [4.78, 5) is 22.5. The molecule has 0 spiro atoms. The Balaban J connectivity index is 2.34. The van der Waals surface area contributed by atoms with Gasteiger partial charge in [0.2, 0.25) is 11.8 Å². The maximum absolute atomic E-state index is 11.4. The van der Waals surface area contributed by atoms with Gasteiger partial charge >= 0.3 is 0 Å². The Bertz CT molecular complexity index is 392. The third-order valence-electron chi connectivity index (χ3n) is 1.95. The smallest absolute Gasteiger partial charge is 0.243 e. The van der Waals surface area contributed by atoms with Crippen LogP contribution in [0.3, 0.4) is 0 Å². The van der Waals surface area contributed by atoms with Gasteiger partial charge in [-0.15, -0.1) is 0 Å². The fraction of sp³-hybridized carbons (Fsp3) is 0.273. The van der Waals surface area contributed by atoms with E-state index < -0.39 is 0 Å². The molecule has 4 N–H and O–H groups in total. The Labute approximate surface area is 108 Å². The van der Waals surface area contributed by atoms with E-state index in [1.54, 1.807) is 12.1 Å². The molecule has 1 rings (SSSR count). The number of carbonyl (C=O) groups is 2. The predicted octanol–water partition coefficient (Wildman–Crippen LogP) is 0.853. The molecule has 0 radical (unpaired) electrons. The fourth-order valence-electron chi connectivity index (χ4n) is 1.14. The molecule has 0 heterocycles. The van der Waals surface area contributed by atoms with Crippen LogP contribution >= 0.6 is 15.9 Å². The van der Waals surface area contributed by atoms with Crippen molar-refractivity contribution in [1.82, 2.24) is 5.32 Å². The van der Waals surface area contributed by atoms with Gasteiger partial charge in [-0.25, -0.2) is 0 Å². The summed E-state index contributed by atoms with van der Waals surface area (Å²) in [6, 6.07) is 7.18. The Kier molecular flexibility index (Phi) is 5.65. The number of hydrogen-bond acceptors (Lipinski definition) is 3. The van der Waals surface area contributed by atoms with Crippen molar-refractivity contribution in [2.24, 2.45) is 5.73 Å². The topological polar surface area (TPSA) is 84.2 Å². The molecule has 2 amide bonds. The number of rotatable bonds is 5. The first-order chi connectivity index (χ1) is 8.11. The first kappa shape index (κ1) is 13.7. The summed E-state index contributed by atoms with van der Waals surface area (Å²) in [6.07, 6.45) is 0.228. The molecular weight excluding hydrogens is 286 g/mol. The van der Waals surface area contributed by atoms with Crippen LogP contribution in [0.4, 0.5) is 5.69 Å². The highest BCUT2D eigenvalue weighted by atomic mass is 79.9. The second-order valence-corrected chi connectivity index (χ2v) is 4.29. The van der Waals surface area contributed by atoms with Crippen molar-refractivity contribution in [2.75, 3.05) is 18.4 Å². The minimum absolute atomic E-state index is 0.0467. The standard InChI is InChI=1S/C11H14BrN3O2/c12-8-1-3-9(4-2-8)15-11(17)7-14-10(16)5-6-13/h1-4H,5-7,13H2,(H,14,16)(H,15,17). The zero-order valence-corrected chi connectivity index (χ0v) is 10.8. The predicted molar refractivity (Wildman–Crippen MR) is 69.5 cm³/mol. The Hall–Kier alpha value is -1.40. The van der Waals surface area contributed by atoms with Crippen molar-refractivity contribution in [2.45, 2.75) is 6.42 Å². The molecule has 0 unspecified atom stereocenters. The van der Waals surface area contributed by atoms with Crippen molar-refractivity contribution >= 4 is 33.4 Å². The number of halogens is 1. The van der Waals surface area contributed by atoms with Crippen LogP contribution in [0.25, 0.3) is 0 Å². The van der Waals surface area contributed by atoms with Gasteiger partial charge in [0.15, 0.2) is 0 Å². The van der Waals surface area contributed by atoms with Crippen molar-refractivity contribution < 1.29 is 9.59 Å². The molecule has 0 aliphatic rings. The highest BCUT2D eigenvalue weighted by molar-refractivity contribution is 9.10. The first-order valence-electron chi connectivity index (χ1n) is 5.14. The summed E-state index contributed by atoms with van der Waals surface area (Å²) in [5.41, 5.74) is 5.89. The largest absolute Gasteiger partial charge is 0.347 e. The maximum atomic E-state index is 11.4. The molecule has 0 saturated carbocycles. The molecule has 92 valence electrons. The molecule has 6 heteroatoms. The lowest BCUT2D eigenvalue weighted by molar-refractivity contribution is -0.124. The summed E-state index contributed by atoms with van der Waals surface area (Å²) in [5, 5.41) is 5.14. The van der Waals surface area contributed by atoms with Gasteiger partial charge in [-0.3, -0.25) is 9.59 Å². The van der Waals surface area contributed by atoms with Gasteiger partial charge in [0.1, 0.15) is 0 Å². The number of nitrogens with one attached hydrogen (secondary N) is 2. The van der Waals surface area contributed by atoms with E-state index in [2.05, 4.69) is 26.6 Å². The van der Waals surface area contributed by atoms with Crippen molar-refractivity contribution in [3.05, 3.63) is 28.7 Å². The molecule has 0 fully saturated rings. The molecule has 0 atom stereocenters. The Morgan fingerprint density at radius 3 is 2.41 bits per heavy atom. The van der Waals surface area contributed by atoms with E-state index in [1.165, 1.54) is 0 Å². The Morgan fingerprint density at radius 2 is 1.82 bits per heavy atom. The van der Waals surface area contributed by atoms with E-state index >= 15 is 0 Å². The summed E-state index contributed by atoms with van der Waals surface area (Å²) in [6.45, 7) is 0.231. The number of anilines is 1. The normalized spacial score (nSPS) is 9.76. The van der Waals surface area contributed by atoms with Crippen LogP contribution in [-0.4, -0.2) is 24.9 Å². The van der Waals surface area contributed by atoms with Crippen molar-refractivity contribution in [3.63, 3.8) is 0 Å². The summed E-state index contributed by atoms with van der Waals surface area (Å²) in [5.74, 6) is -0.490. The van der Waals surface area contributed by atoms with Gasteiger partial charge in [0.25, 0.3) is 0 Å². The minimum Gasteiger partial charge on any atom is -0.347 e. The summed E-state index contributed by atoms with van der Waals surface area (Å²) >= 11 is 3.30. The van der Waals surface area contributed by atoms with Crippen LogP contribution < -0.4 is 16.4 Å². The second kappa shape index (κ2) is 7.03. The maximum Gasteiger partial charge on any atom is 0.243 e. The van der Waals surface area contributed by atoms with E-state index in [4.69, 9.17) is 5.73 Å². The molecule has 1 aromatic rings. The zero-order chi connectivity index (χ0) is 12.7. The van der Waals surface area contributed by atoms with E-state index in [9.17, 15) is 9.59 Å². The lowest BCUT2D eigenvalue weighted by Crippen LogP contribution is -2.33. The second-order valence-electron chi connectivity index (χ2n) is 3.37.